The molecule has 12 heteroatoms. The van der Waals surface area contributed by atoms with E-state index in [-0.39, 0.29) is 26.2 Å². The minimum Gasteiger partial charge on any atom is -0.396 e. The minimum absolute atomic E-state index is 0.0958. The summed E-state index contributed by atoms with van der Waals surface area (Å²) in [5.74, 6) is 0.291. The molecule has 2 rings (SSSR count). The highest BCUT2D eigenvalue weighted by atomic mass is 31.2. The van der Waals surface area contributed by atoms with Crippen molar-refractivity contribution in [1.29, 1.82) is 0 Å². The van der Waals surface area contributed by atoms with Gasteiger partial charge in [0.25, 0.3) is 0 Å². The summed E-state index contributed by atoms with van der Waals surface area (Å²) in [5, 5.41) is 9.54. The van der Waals surface area contributed by atoms with Crippen molar-refractivity contribution in [3.8, 4) is 0 Å². The van der Waals surface area contributed by atoms with Crippen LogP contribution in [0.5, 0.6) is 0 Å². The molecule has 0 radical (unpaired) electrons. The molecule has 2 aromatic rings. The van der Waals surface area contributed by atoms with Gasteiger partial charge in [-0.1, -0.05) is 103 Å². The first kappa shape index (κ1) is 38.6. The van der Waals surface area contributed by atoms with Crippen molar-refractivity contribution in [1.82, 2.24) is 19.5 Å². The van der Waals surface area contributed by atoms with Crippen LogP contribution in [0.4, 0.5) is 5.82 Å². The molecule has 0 bridgehead atoms. The molecule has 0 saturated heterocycles. The van der Waals surface area contributed by atoms with E-state index in [1.54, 1.807) is 17.8 Å². The van der Waals surface area contributed by atoms with E-state index in [0.29, 0.717) is 43.2 Å². The molecule has 44 heavy (non-hydrogen) atoms. The number of imidazole rings is 1. The van der Waals surface area contributed by atoms with Crippen molar-refractivity contribution in [2.24, 2.45) is 0 Å². The average Bonchev–Trinajstić information content (AvgIpc) is 3.43. The minimum atomic E-state index is -3.49. The third-order valence-electron chi connectivity index (χ3n) is 7.73. The van der Waals surface area contributed by atoms with Crippen LogP contribution >= 0.6 is 7.60 Å². The number of fused-ring (bicyclic) bond motifs is 1. The van der Waals surface area contributed by atoms with Crippen LogP contribution in [0.25, 0.3) is 11.2 Å². The van der Waals surface area contributed by atoms with E-state index < -0.39 is 13.7 Å². The van der Waals surface area contributed by atoms with Crippen LogP contribution < -0.4 is 5.73 Å². The Kier molecular flexibility index (Phi) is 21.6. The van der Waals surface area contributed by atoms with Gasteiger partial charge in [0, 0.05) is 13.2 Å². The first-order valence-corrected chi connectivity index (χ1v) is 18.8. The fourth-order valence-electron chi connectivity index (χ4n) is 5.22. The van der Waals surface area contributed by atoms with Crippen molar-refractivity contribution >= 4 is 24.6 Å². The quantitative estimate of drug-likeness (QED) is 0.0644. The van der Waals surface area contributed by atoms with Gasteiger partial charge >= 0.3 is 7.60 Å². The summed E-state index contributed by atoms with van der Waals surface area (Å²) >= 11 is 0. The number of nitrogens with zero attached hydrogens (tertiary/aromatic N) is 4. The Labute approximate surface area is 265 Å². The zero-order valence-corrected chi connectivity index (χ0v) is 28.4. The maximum Gasteiger partial charge on any atom is 0.356 e. The van der Waals surface area contributed by atoms with Crippen LogP contribution in [-0.2, 0) is 29.6 Å². The van der Waals surface area contributed by atoms with Crippen molar-refractivity contribution in [3.63, 3.8) is 0 Å². The van der Waals surface area contributed by atoms with E-state index in [2.05, 4.69) is 21.9 Å². The van der Waals surface area contributed by atoms with E-state index in [9.17, 15) is 9.67 Å². The zero-order valence-electron chi connectivity index (χ0n) is 27.5. The zero-order chi connectivity index (χ0) is 31.7. The summed E-state index contributed by atoms with van der Waals surface area (Å²) in [5.41, 5.74) is 6.94. The number of ether oxygens (including phenoxy) is 2. The molecule has 11 nitrogen and oxygen atoms in total. The molecule has 2 heterocycles. The Bertz CT molecular complexity index is 1030. The Morgan fingerprint density at radius 3 is 2.02 bits per heavy atom. The maximum absolute atomic E-state index is 13.2. The average molecular weight is 642 g/mol. The van der Waals surface area contributed by atoms with Gasteiger partial charge in [-0.2, -0.15) is 0 Å². The molecular weight excluding hydrogens is 581 g/mol. The molecule has 0 aliphatic rings. The van der Waals surface area contributed by atoms with E-state index in [4.69, 9.17) is 24.3 Å². The number of nitrogen functional groups attached to an aromatic ring is 1. The Morgan fingerprint density at radius 1 is 0.818 bits per heavy atom. The van der Waals surface area contributed by atoms with Gasteiger partial charge in [-0.05, 0) is 19.8 Å². The SMILES string of the molecule is CCCCCCCCCCCCCCCCCCOCCOP(=O)(COC(CCO)Cn1cnc2c(N)ncnc21)OCC. The van der Waals surface area contributed by atoms with E-state index in [0.717, 1.165) is 6.42 Å². The Hall–Kier alpha value is -1.62. The number of aromatic nitrogens is 4. The fraction of sp³-hybridized carbons (Fsp3) is 0.844. The Morgan fingerprint density at radius 2 is 1.43 bits per heavy atom. The van der Waals surface area contributed by atoms with Crippen molar-refractivity contribution < 1.29 is 28.2 Å². The van der Waals surface area contributed by atoms with Gasteiger partial charge in [0.05, 0.1) is 38.8 Å². The smallest absolute Gasteiger partial charge is 0.356 e. The highest BCUT2D eigenvalue weighted by molar-refractivity contribution is 7.53. The van der Waals surface area contributed by atoms with Crippen molar-refractivity contribution in [2.75, 3.05) is 45.1 Å². The van der Waals surface area contributed by atoms with Crippen LogP contribution in [0, 0.1) is 0 Å². The molecular formula is C32H60N5O6P. The summed E-state index contributed by atoms with van der Waals surface area (Å²) in [6.07, 6.45) is 24.0. The predicted molar refractivity (Wildman–Crippen MR) is 177 cm³/mol. The fourth-order valence-corrected chi connectivity index (χ4v) is 6.58. The van der Waals surface area contributed by atoms with Gasteiger partial charge in [0.15, 0.2) is 11.5 Å². The van der Waals surface area contributed by atoms with Crippen LogP contribution in [0.2, 0.25) is 0 Å². The lowest BCUT2D eigenvalue weighted by Crippen LogP contribution is -2.23. The van der Waals surface area contributed by atoms with E-state index >= 15 is 0 Å². The second kappa shape index (κ2) is 24.6. The molecule has 0 saturated carbocycles. The second-order valence-electron chi connectivity index (χ2n) is 11.5. The highest BCUT2D eigenvalue weighted by Crippen LogP contribution is 2.48. The topological polar surface area (TPSA) is 144 Å². The first-order valence-electron chi connectivity index (χ1n) is 17.1. The van der Waals surface area contributed by atoms with Gasteiger partial charge in [-0.25, -0.2) is 15.0 Å². The number of rotatable bonds is 30. The first-order chi connectivity index (χ1) is 21.5. The van der Waals surface area contributed by atoms with Gasteiger partial charge in [0.1, 0.15) is 18.2 Å². The highest BCUT2D eigenvalue weighted by Gasteiger charge is 2.27. The molecule has 2 aromatic heterocycles. The number of hydrogen-bond acceptors (Lipinski definition) is 10. The molecule has 0 fully saturated rings. The third kappa shape index (κ3) is 16.6. The number of unbranched alkanes of at least 4 members (excludes halogenated alkanes) is 15. The largest absolute Gasteiger partial charge is 0.396 e. The number of aliphatic hydroxyl groups is 1. The number of hydrogen-bond donors (Lipinski definition) is 2. The lowest BCUT2D eigenvalue weighted by Gasteiger charge is -2.22. The summed E-state index contributed by atoms with van der Waals surface area (Å²) in [7, 11) is -3.49. The maximum atomic E-state index is 13.2. The van der Waals surface area contributed by atoms with E-state index in [1.807, 2.05) is 0 Å². The predicted octanol–water partition coefficient (Wildman–Crippen LogP) is 7.66. The molecule has 0 aromatic carbocycles. The molecule has 0 aliphatic heterocycles. The lowest BCUT2D eigenvalue weighted by molar-refractivity contribution is 0.0330. The Balaban J connectivity index is 1.51. The summed E-state index contributed by atoms with van der Waals surface area (Å²) < 4.78 is 37.7. The van der Waals surface area contributed by atoms with Crippen LogP contribution in [0.1, 0.15) is 123 Å². The molecule has 0 amide bonds. The molecule has 2 atom stereocenters. The van der Waals surface area contributed by atoms with Gasteiger partial charge < -0.3 is 33.9 Å². The molecule has 3 N–H and O–H groups in total. The normalized spacial score (nSPS) is 13.9. The summed E-state index contributed by atoms with van der Waals surface area (Å²) in [4.78, 5) is 12.5. The standard InChI is InChI=1S/C32H60N5O6P/c1-3-5-6-7-8-9-10-11-12-13-14-15-16-17-18-19-22-40-23-24-43-44(39,42-4-2)28-41-29(20-21-38)25-37-27-36-30-31(33)34-26-35-32(30)37/h26-27,29,38H,3-25,28H2,1-2H3,(H2,33,34,35). The van der Waals surface area contributed by atoms with Crippen molar-refractivity contribution in [2.45, 2.75) is 136 Å². The second-order valence-corrected chi connectivity index (χ2v) is 13.5. The third-order valence-corrected chi connectivity index (χ3v) is 9.43. The molecule has 254 valence electrons. The van der Waals surface area contributed by atoms with Gasteiger partial charge in [-0.15, -0.1) is 0 Å². The van der Waals surface area contributed by atoms with E-state index in [1.165, 1.54) is 103 Å². The summed E-state index contributed by atoms with van der Waals surface area (Å²) in [6.45, 7) is 5.68. The molecule has 2 unspecified atom stereocenters. The van der Waals surface area contributed by atoms with Crippen LogP contribution in [-0.4, -0.2) is 70.1 Å². The monoisotopic (exact) mass is 641 g/mol. The summed E-state index contributed by atoms with van der Waals surface area (Å²) in [6, 6.07) is 0. The number of nitrogens with two attached hydrogens (primary N) is 1. The number of aliphatic hydroxyl groups excluding tert-OH is 1. The molecule has 0 spiro atoms. The van der Waals surface area contributed by atoms with Crippen molar-refractivity contribution in [3.05, 3.63) is 12.7 Å². The lowest BCUT2D eigenvalue weighted by atomic mass is 10.0. The van der Waals surface area contributed by atoms with Crippen LogP contribution in [0.15, 0.2) is 12.7 Å². The van der Waals surface area contributed by atoms with Gasteiger partial charge in [-0.3, -0.25) is 4.57 Å². The van der Waals surface area contributed by atoms with Crippen LogP contribution in [0.3, 0.4) is 0 Å². The van der Waals surface area contributed by atoms with Gasteiger partial charge in [0.2, 0.25) is 0 Å². The molecule has 0 aliphatic carbocycles. The number of anilines is 1.